The summed E-state index contributed by atoms with van der Waals surface area (Å²) in [5.41, 5.74) is 3.13. The Balaban J connectivity index is 0.00000112. The van der Waals surface area contributed by atoms with E-state index in [4.69, 9.17) is 0 Å². The van der Waals surface area contributed by atoms with E-state index in [1.165, 1.54) is 25.7 Å². The summed E-state index contributed by atoms with van der Waals surface area (Å²) < 4.78 is 0. The van der Waals surface area contributed by atoms with Crippen molar-refractivity contribution < 1.29 is 0 Å². The first-order chi connectivity index (χ1) is 6.77. The first kappa shape index (κ1) is 12.7. The van der Waals surface area contributed by atoms with Gasteiger partial charge < -0.3 is 4.90 Å². The Kier molecular flexibility index (Phi) is 4.81. The highest BCUT2D eigenvalue weighted by atomic mass is 79.9. The summed E-state index contributed by atoms with van der Waals surface area (Å²) in [6.45, 7) is 0. The van der Waals surface area contributed by atoms with Gasteiger partial charge in [0.2, 0.25) is 0 Å². The Labute approximate surface area is 103 Å². The van der Waals surface area contributed by atoms with Crippen LogP contribution in [0.3, 0.4) is 0 Å². The Bertz CT molecular complexity index is 309. The number of likely N-dealkylation sites (N-methyl/N-ethyl adjacent to an activating group) is 1. The minimum atomic E-state index is 0. The molecular weight excluding hydrogens is 250 g/mol. The van der Waals surface area contributed by atoms with Gasteiger partial charge in [-0.3, -0.25) is 0 Å². The lowest BCUT2D eigenvalue weighted by Crippen LogP contribution is -2.29. The van der Waals surface area contributed by atoms with Crippen molar-refractivity contribution >= 4 is 17.0 Å². The largest absolute Gasteiger partial charge is 0.306 e. The standard InChI is InChI=1S/C13H19N.BrH/c1-14(2)13-9-5-8-11-6-3-4-7-12(11)10-13;/h3-4,6-7,13H,5,8-10H2,1-2H3;1H. The van der Waals surface area contributed by atoms with Crippen LogP contribution in [0, 0.1) is 0 Å². The summed E-state index contributed by atoms with van der Waals surface area (Å²) in [5.74, 6) is 0. The summed E-state index contributed by atoms with van der Waals surface area (Å²) in [7, 11) is 4.39. The van der Waals surface area contributed by atoms with Crippen LogP contribution in [0.4, 0.5) is 0 Å². The summed E-state index contributed by atoms with van der Waals surface area (Å²) in [4.78, 5) is 2.36. The molecule has 0 aromatic heterocycles. The van der Waals surface area contributed by atoms with Crippen molar-refractivity contribution in [3.63, 3.8) is 0 Å². The number of aryl methyl sites for hydroxylation is 1. The molecule has 1 atom stereocenters. The molecule has 0 aliphatic heterocycles. The summed E-state index contributed by atoms with van der Waals surface area (Å²) in [6, 6.07) is 9.63. The first-order valence-electron chi connectivity index (χ1n) is 5.50. The molecule has 0 saturated carbocycles. The molecule has 0 N–H and O–H groups in total. The van der Waals surface area contributed by atoms with Gasteiger partial charge in [-0.1, -0.05) is 24.3 Å². The van der Waals surface area contributed by atoms with Crippen molar-refractivity contribution in [3.05, 3.63) is 35.4 Å². The number of halogens is 1. The van der Waals surface area contributed by atoms with Crippen LogP contribution in [0.25, 0.3) is 0 Å². The van der Waals surface area contributed by atoms with E-state index < -0.39 is 0 Å². The molecule has 2 heteroatoms. The van der Waals surface area contributed by atoms with Crippen LogP contribution >= 0.6 is 17.0 Å². The third-order valence-electron chi connectivity index (χ3n) is 3.29. The monoisotopic (exact) mass is 269 g/mol. The van der Waals surface area contributed by atoms with Gasteiger partial charge in [0.25, 0.3) is 0 Å². The Morgan fingerprint density at radius 1 is 1.13 bits per heavy atom. The molecule has 1 nitrogen and oxygen atoms in total. The maximum Gasteiger partial charge on any atom is 0.0130 e. The van der Waals surface area contributed by atoms with Crippen LogP contribution in [-0.2, 0) is 12.8 Å². The minimum absolute atomic E-state index is 0. The second-order valence-corrected chi connectivity index (χ2v) is 4.48. The topological polar surface area (TPSA) is 3.24 Å². The molecule has 1 aliphatic rings. The maximum atomic E-state index is 2.36. The van der Waals surface area contributed by atoms with Gasteiger partial charge in [0.05, 0.1) is 0 Å². The third-order valence-corrected chi connectivity index (χ3v) is 3.29. The fourth-order valence-electron chi connectivity index (χ4n) is 2.33. The van der Waals surface area contributed by atoms with Crippen molar-refractivity contribution in [2.24, 2.45) is 0 Å². The van der Waals surface area contributed by atoms with Crippen LogP contribution in [-0.4, -0.2) is 25.0 Å². The van der Waals surface area contributed by atoms with Crippen LogP contribution < -0.4 is 0 Å². The predicted octanol–water partition coefficient (Wildman–Crippen LogP) is 3.07. The van der Waals surface area contributed by atoms with Gasteiger partial charge in [-0.2, -0.15) is 0 Å². The highest BCUT2D eigenvalue weighted by molar-refractivity contribution is 8.93. The van der Waals surface area contributed by atoms with E-state index >= 15 is 0 Å². The van der Waals surface area contributed by atoms with Crippen molar-refractivity contribution in [3.8, 4) is 0 Å². The number of fused-ring (bicyclic) bond motifs is 1. The average molecular weight is 270 g/mol. The number of hydrogen-bond acceptors (Lipinski definition) is 1. The lowest BCUT2D eigenvalue weighted by atomic mass is 10.0. The van der Waals surface area contributed by atoms with E-state index in [2.05, 4.69) is 43.3 Å². The number of nitrogens with zero attached hydrogens (tertiary/aromatic N) is 1. The lowest BCUT2D eigenvalue weighted by molar-refractivity contribution is 0.277. The second kappa shape index (κ2) is 5.66. The Morgan fingerprint density at radius 3 is 2.47 bits per heavy atom. The van der Waals surface area contributed by atoms with E-state index in [0.29, 0.717) is 0 Å². The minimum Gasteiger partial charge on any atom is -0.306 e. The second-order valence-electron chi connectivity index (χ2n) is 4.48. The Hall–Kier alpha value is -0.340. The lowest BCUT2D eigenvalue weighted by Gasteiger charge is -2.22. The molecular formula is C13H20BrN. The third kappa shape index (κ3) is 3.05. The van der Waals surface area contributed by atoms with Gasteiger partial charge in [-0.05, 0) is 50.9 Å². The zero-order chi connectivity index (χ0) is 9.97. The molecule has 1 aromatic carbocycles. The highest BCUT2D eigenvalue weighted by Crippen LogP contribution is 2.22. The van der Waals surface area contributed by atoms with Crippen LogP contribution in [0.2, 0.25) is 0 Å². The predicted molar refractivity (Wildman–Crippen MR) is 70.9 cm³/mol. The molecule has 0 heterocycles. The molecule has 2 rings (SSSR count). The first-order valence-corrected chi connectivity index (χ1v) is 5.50. The molecule has 1 aromatic rings. The van der Waals surface area contributed by atoms with E-state index in [-0.39, 0.29) is 17.0 Å². The summed E-state index contributed by atoms with van der Waals surface area (Å²) in [6.07, 6.45) is 5.16. The van der Waals surface area contributed by atoms with Crippen molar-refractivity contribution in [2.75, 3.05) is 14.1 Å². The molecule has 1 unspecified atom stereocenters. The molecule has 0 bridgehead atoms. The summed E-state index contributed by atoms with van der Waals surface area (Å²) in [5, 5.41) is 0. The molecule has 1 aliphatic carbocycles. The van der Waals surface area contributed by atoms with E-state index in [0.717, 1.165) is 6.04 Å². The molecule has 0 fully saturated rings. The normalized spacial score (nSPS) is 20.3. The Morgan fingerprint density at radius 2 is 1.80 bits per heavy atom. The fourth-order valence-corrected chi connectivity index (χ4v) is 2.33. The highest BCUT2D eigenvalue weighted by Gasteiger charge is 2.17. The number of benzene rings is 1. The SMILES string of the molecule is Br.CN(C)C1CCCc2ccccc2C1. The summed E-state index contributed by atoms with van der Waals surface area (Å²) >= 11 is 0. The molecule has 0 spiro atoms. The average Bonchev–Trinajstić information content (AvgIpc) is 2.39. The molecule has 0 saturated heterocycles. The molecule has 0 amide bonds. The van der Waals surface area contributed by atoms with Crippen molar-refractivity contribution in [1.29, 1.82) is 0 Å². The van der Waals surface area contributed by atoms with Gasteiger partial charge in [0, 0.05) is 6.04 Å². The van der Waals surface area contributed by atoms with E-state index in [1.807, 2.05) is 0 Å². The maximum absolute atomic E-state index is 2.36. The zero-order valence-electron chi connectivity index (χ0n) is 9.57. The van der Waals surface area contributed by atoms with E-state index in [1.54, 1.807) is 11.1 Å². The van der Waals surface area contributed by atoms with Gasteiger partial charge >= 0.3 is 0 Å². The molecule has 84 valence electrons. The molecule has 0 radical (unpaired) electrons. The van der Waals surface area contributed by atoms with E-state index in [9.17, 15) is 0 Å². The van der Waals surface area contributed by atoms with Gasteiger partial charge in [0.1, 0.15) is 0 Å². The van der Waals surface area contributed by atoms with Crippen LogP contribution in [0.15, 0.2) is 24.3 Å². The quantitative estimate of drug-likeness (QED) is 0.709. The zero-order valence-corrected chi connectivity index (χ0v) is 11.3. The number of hydrogen-bond donors (Lipinski definition) is 0. The molecule has 15 heavy (non-hydrogen) atoms. The van der Waals surface area contributed by atoms with Gasteiger partial charge in [-0.25, -0.2) is 0 Å². The smallest absolute Gasteiger partial charge is 0.0130 e. The van der Waals surface area contributed by atoms with Crippen molar-refractivity contribution in [2.45, 2.75) is 31.7 Å². The number of rotatable bonds is 1. The fraction of sp³-hybridized carbons (Fsp3) is 0.538. The van der Waals surface area contributed by atoms with Crippen molar-refractivity contribution in [1.82, 2.24) is 4.90 Å². The van der Waals surface area contributed by atoms with Crippen LogP contribution in [0.5, 0.6) is 0 Å². The van der Waals surface area contributed by atoms with Gasteiger partial charge in [0.15, 0.2) is 0 Å². The van der Waals surface area contributed by atoms with Gasteiger partial charge in [-0.15, -0.1) is 17.0 Å². The van der Waals surface area contributed by atoms with Crippen LogP contribution in [0.1, 0.15) is 24.0 Å².